The van der Waals surface area contributed by atoms with Gasteiger partial charge >= 0.3 is 6.09 Å². The SMILES string of the molecule is CC(Cc1c(CO)ccc(N(N)C(C)(C)C)c1N)N(CC(C)(C)F)C(=O)OC(C)(C)C. The van der Waals surface area contributed by atoms with Gasteiger partial charge in [-0.3, -0.25) is 0 Å². The van der Waals surface area contributed by atoms with Gasteiger partial charge in [-0.2, -0.15) is 0 Å². The Kier molecular flexibility index (Phi) is 8.36. The molecule has 5 N–H and O–H groups in total. The minimum absolute atomic E-state index is 0.137. The molecule has 178 valence electrons. The number of carbonyl (C=O) groups excluding carboxylic acids is 1. The molecule has 1 atom stereocenters. The van der Waals surface area contributed by atoms with Gasteiger partial charge in [-0.25, -0.2) is 15.0 Å². The van der Waals surface area contributed by atoms with E-state index in [-0.39, 0.29) is 18.7 Å². The average molecular weight is 441 g/mol. The van der Waals surface area contributed by atoms with E-state index in [9.17, 15) is 14.3 Å². The van der Waals surface area contributed by atoms with Crippen LogP contribution in [0.1, 0.15) is 73.4 Å². The second kappa shape index (κ2) is 9.61. The first-order valence-electron chi connectivity index (χ1n) is 10.6. The van der Waals surface area contributed by atoms with Gasteiger partial charge < -0.3 is 25.5 Å². The van der Waals surface area contributed by atoms with Gasteiger partial charge in [0.25, 0.3) is 0 Å². The third-order valence-electron chi connectivity index (χ3n) is 4.79. The first kappa shape index (κ1) is 27.0. The number of aliphatic hydroxyl groups is 1. The number of amides is 1. The number of hydrogen-bond acceptors (Lipinski definition) is 6. The average Bonchev–Trinajstić information content (AvgIpc) is 2.57. The zero-order chi connectivity index (χ0) is 24.4. The Bertz CT molecular complexity index is 764. The van der Waals surface area contributed by atoms with Gasteiger partial charge in [-0.15, -0.1) is 0 Å². The number of rotatable bonds is 7. The number of nitrogen functional groups attached to an aromatic ring is 1. The molecule has 0 saturated heterocycles. The fourth-order valence-corrected chi connectivity index (χ4v) is 3.19. The summed E-state index contributed by atoms with van der Waals surface area (Å²) in [6, 6.07) is 3.11. The molecule has 1 amide bonds. The van der Waals surface area contributed by atoms with Crippen LogP contribution in [0.4, 0.5) is 20.6 Å². The number of nitrogens with zero attached hydrogens (tertiary/aromatic N) is 2. The molecule has 0 aliphatic carbocycles. The molecular formula is C23H41FN4O3. The summed E-state index contributed by atoms with van der Waals surface area (Å²) in [5.74, 6) is 6.28. The largest absolute Gasteiger partial charge is 0.444 e. The topological polar surface area (TPSA) is 105 Å². The van der Waals surface area contributed by atoms with Gasteiger partial charge in [-0.1, -0.05) is 6.07 Å². The van der Waals surface area contributed by atoms with Gasteiger partial charge in [0.1, 0.15) is 11.3 Å². The molecular weight excluding hydrogens is 399 g/mol. The Morgan fingerprint density at radius 3 is 2.13 bits per heavy atom. The van der Waals surface area contributed by atoms with Gasteiger partial charge in [0, 0.05) is 11.6 Å². The number of carbonyl (C=O) groups is 1. The van der Waals surface area contributed by atoms with Crippen molar-refractivity contribution in [1.82, 2.24) is 4.90 Å². The second-order valence-electron chi connectivity index (χ2n) is 10.7. The van der Waals surface area contributed by atoms with Crippen LogP contribution in [0.25, 0.3) is 0 Å². The Hall–Kier alpha value is -2.06. The first-order chi connectivity index (χ1) is 13.9. The van der Waals surface area contributed by atoms with Crippen LogP contribution in [0.15, 0.2) is 12.1 Å². The van der Waals surface area contributed by atoms with Crippen LogP contribution in [0.2, 0.25) is 0 Å². The smallest absolute Gasteiger partial charge is 0.410 e. The summed E-state index contributed by atoms with van der Waals surface area (Å²) >= 11 is 0. The number of anilines is 2. The number of benzene rings is 1. The van der Waals surface area contributed by atoms with E-state index >= 15 is 0 Å². The highest BCUT2D eigenvalue weighted by Gasteiger charge is 2.32. The van der Waals surface area contributed by atoms with Crippen molar-refractivity contribution in [2.24, 2.45) is 5.84 Å². The Morgan fingerprint density at radius 1 is 1.16 bits per heavy atom. The van der Waals surface area contributed by atoms with E-state index < -0.39 is 23.4 Å². The van der Waals surface area contributed by atoms with Crippen molar-refractivity contribution in [3.8, 4) is 0 Å². The second-order valence-corrected chi connectivity index (χ2v) is 10.7. The number of aliphatic hydroxyl groups excluding tert-OH is 1. The van der Waals surface area contributed by atoms with Crippen molar-refractivity contribution in [3.05, 3.63) is 23.3 Å². The molecule has 0 heterocycles. The fraction of sp³-hybridized carbons (Fsp3) is 0.696. The maximum Gasteiger partial charge on any atom is 0.410 e. The van der Waals surface area contributed by atoms with E-state index in [2.05, 4.69) is 0 Å². The first-order valence-corrected chi connectivity index (χ1v) is 10.6. The maximum atomic E-state index is 14.5. The van der Waals surface area contributed by atoms with Gasteiger partial charge in [0.05, 0.1) is 24.5 Å². The maximum absolute atomic E-state index is 14.5. The number of hydrazine groups is 1. The number of halogens is 1. The summed E-state index contributed by atoms with van der Waals surface area (Å²) in [5.41, 5.74) is 6.14. The third kappa shape index (κ3) is 7.85. The Labute approximate surface area is 186 Å². The van der Waals surface area contributed by atoms with E-state index in [1.807, 2.05) is 27.7 Å². The van der Waals surface area contributed by atoms with Crippen molar-refractivity contribution in [2.75, 3.05) is 17.3 Å². The Balaban J connectivity index is 3.36. The van der Waals surface area contributed by atoms with Crippen molar-refractivity contribution in [2.45, 2.75) is 98.2 Å². The molecule has 7 nitrogen and oxygen atoms in total. The van der Waals surface area contributed by atoms with Crippen LogP contribution in [-0.4, -0.2) is 45.5 Å². The molecule has 0 radical (unpaired) electrons. The minimum atomic E-state index is -1.61. The fourth-order valence-electron chi connectivity index (χ4n) is 3.19. The van der Waals surface area contributed by atoms with Crippen LogP contribution in [0.3, 0.4) is 0 Å². The van der Waals surface area contributed by atoms with Crippen LogP contribution in [0.5, 0.6) is 0 Å². The molecule has 0 aliphatic rings. The summed E-state index contributed by atoms with van der Waals surface area (Å²) < 4.78 is 20.0. The summed E-state index contributed by atoms with van der Waals surface area (Å²) in [4.78, 5) is 14.2. The zero-order valence-corrected chi connectivity index (χ0v) is 20.5. The monoisotopic (exact) mass is 440 g/mol. The third-order valence-corrected chi connectivity index (χ3v) is 4.79. The molecule has 1 aromatic carbocycles. The highest BCUT2D eigenvalue weighted by molar-refractivity contribution is 5.73. The van der Waals surface area contributed by atoms with Crippen LogP contribution >= 0.6 is 0 Å². The van der Waals surface area contributed by atoms with Crippen LogP contribution in [0, 0.1) is 0 Å². The molecule has 0 spiro atoms. The van der Waals surface area contributed by atoms with Crippen LogP contribution in [-0.2, 0) is 17.8 Å². The summed E-state index contributed by atoms with van der Waals surface area (Å²) in [5, 5.41) is 11.4. The molecule has 0 fully saturated rings. The highest BCUT2D eigenvalue weighted by Crippen LogP contribution is 2.33. The van der Waals surface area contributed by atoms with E-state index in [4.69, 9.17) is 16.3 Å². The molecule has 1 rings (SSSR count). The van der Waals surface area contributed by atoms with Gasteiger partial charge in [0.15, 0.2) is 0 Å². The molecule has 1 unspecified atom stereocenters. The van der Waals surface area contributed by atoms with E-state index in [0.29, 0.717) is 28.9 Å². The number of ether oxygens (including phenoxy) is 1. The van der Waals surface area contributed by atoms with Crippen molar-refractivity contribution < 1.29 is 19.0 Å². The molecule has 0 aromatic heterocycles. The number of hydrogen-bond donors (Lipinski definition) is 3. The standard InChI is InChI=1S/C23H41FN4O3/c1-15(27(14-23(8,9)24)20(30)31-22(5,6)7)12-17-16(13-29)10-11-18(19(17)25)28(26)21(2,3)4/h10-11,15,29H,12-14,25-26H2,1-9H3. The highest BCUT2D eigenvalue weighted by atomic mass is 19.1. The van der Waals surface area contributed by atoms with Gasteiger partial charge in [-0.05, 0) is 85.9 Å². The lowest BCUT2D eigenvalue weighted by atomic mass is 9.95. The zero-order valence-electron chi connectivity index (χ0n) is 20.5. The van der Waals surface area contributed by atoms with Crippen molar-refractivity contribution >= 4 is 17.5 Å². The lowest BCUT2D eigenvalue weighted by Gasteiger charge is -2.36. The lowest BCUT2D eigenvalue weighted by molar-refractivity contribution is 0.00501. The summed E-state index contributed by atoms with van der Waals surface area (Å²) in [7, 11) is 0. The van der Waals surface area contributed by atoms with E-state index in [1.165, 1.54) is 18.7 Å². The lowest BCUT2D eigenvalue weighted by Crippen LogP contribution is -2.48. The molecule has 8 heteroatoms. The van der Waals surface area contributed by atoms with Gasteiger partial charge in [0.2, 0.25) is 0 Å². The predicted molar refractivity (Wildman–Crippen MR) is 124 cm³/mol. The quantitative estimate of drug-likeness (QED) is 0.334. The number of alkyl halides is 1. The molecule has 0 aliphatic heterocycles. The van der Waals surface area contributed by atoms with Crippen molar-refractivity contribution in [1.29, 1.82) is 0 Å². The minimum Gasteiger partial charge on any atom is -0.444 e. The molecule has 0 saturated carbocycles. The van der Waals surface area contributed by atoms with Crippen molar-refractivity contribution in [3.63, 3.8) is 0 Å². The molecule has 1 aromatic rings. The number of nitrogens with two attached hydrogens (primary N) is 2. The molecule has 31 heavy (non-hydrogen) atoms. The molecule has 0 bridgehead atoms. The normalized spacial score (nSPS) is 13.7. The predicted octanol–water partition coefficient (Wildman–Crippen LogP) is 4.16. The summed E-state index contributed by atoms with van der Waals surface area (Å²) in [6.07, 6.45) is -0.288. The summed E-state index contributed by atoms with van der Waals surface area (Å²) in [6.45, 7) is 15.5. The van der Waals surface area contributed by atoms with E-state index in [0.717, 1.165) is 0 Å². The Morgan fingerprint density at radius 2 is 1.71 bits per heavy atom. The van der Waals surface area contributed by atoms with E-state index in [1.54, 1.807) is 37.9 Å². The van der Waals surface area contributed by atoms with Crippen LogP contribution < -0.4 is 16.6 Å².